The lowest BCUT2D eigenvalue weighted by molar-refractivity contribution is -0.144. The summed E-state index contributed by atoms with van der Waals surface area (Å²) >= 11 is 0. The van der Waals surface area contributed by atoms with Crippen LogP contribution < -0.4 is 0 Å². The zero-order valence-corrected chi connectivity index (χ0v) is 12.1. The molecule has 1 aromatic rings. The fraction of sp³-hybridized carbons (Fsp3) is 0.438. The highest BCUT2D eigenvalue weighted by atomic mass is 16.5. The maximum absolute atomic E-state index is 12.1. The number of esters is 1. The largest absolute Gasteiger partial charge is 0.464 e. The highest BCUT2D eigenvalue weighted by Crippen LogP contribution is 2.21. The second-order valence-corrected chi connectivity index (χ2v) is 4.99. The number of nitrogens with zero attached hydrogens (tertiary/aromatic N) is 1. The summed E-state index contributed by atoms with van der Waals surface area (Å²) in [6.45, 7) is 2.22. The number of amides is 2. The molecule has 0 spiro atoms. The molecule has 1 aliphatic heterocycles. The lowest BCUT2D eigenvalue weighted by atomic mass is 10.1. The molecule has 5 nitrogen and oxygen atoms in total. The number of carbonyl (C=O) groups excluding carboxylic acids is 3. The topological polar surface area (TPSA) is 63.7 Å². The molecule has 112 valence electrons. The summed E-state index contributed by atoms with van der Waals surface area (Å²) < 4.78 is 5.06. The Balaban J connectivity index is 1.81. The number of hydrogen-bond donors (Lipinski definition) is 0. The number of benzene rings is 1. The summed E-state index contributed by atoms with van der Waals surface area (Å²) in [6, 6.07) is 6.71. The van der Waals surface area contributed by atoms with Gasteiger partial charge in [0.1, 0.15) is 6.61 Å². The first-order chi connectivity index (χ1) is 10.1. The third kappa shape index (κ3) is 3.48. The first-order valence-corrected chi connectivity index (χ1v) is 7.26. The third-order valence-corrected chi connectivity index (χ3v) is 3.44. The molecule has 1 heterocycles. The van der Waals surface area contributed by atoms with Crippen molar-refractivity contribution in [3.8, 4) is 0 Å². The molecule has 2 rings (SSSR count). The fourth-order valence-corrected chi connectivity index (χ4v) is 2.28. The predicted molar refractivity (Wildman–Crippen MR) is 76.9 cm³/mol. The van der Waals surface area contributed by atoms with E-state index < -0.39 is 0 Å². The Morgan fingerprint density at radius 1 is 1.10 bits per heavy atom. The van der Waals surface area contributed by atoms with Crippen LogP contribution >= 0.6 is 0 Å². The molecule has 2 amide bonds. The third-order valence-electron chi connectivity index (χ3n) is 3.44. The van der Waals surface area contributed by atoms with Crippen molar-refractivity contribution in [3.05, 3.63) is 35.4 Å². The summed E-state index contributed by atoms with van der Waals surface area (Å²) in [5.41, 5.74) is 0.827. The minimum Gasteiger partial charge on any atom is -0.464 e. The highest BCUT2D eigenvalue weighted by molar-refractivity contribution is 6.21. The SMILES string of the molecule is CCCCCC(=O)OCCN1C(=O)c2ccccc2C1=O. The Labute approximate surface area is 123 Å². The molecular weight excluding hydrogens is 270 g/mol. The number of hydrogen-bond acceptors (Lipinski definition) is 4. The molecule has 0 fully saturated rings. The van der Waals surface area contributed by atoms with Crippen molar-refractivity contribution in [2.75, 3.05) is 13.2 Å². The first kappa shape index (κ1) is 15.2. The second kappa shape index (κ2) is 7.02. The Morgan fingerprint density at radius 2 is 1.71 bits per heavy atom. The predicted octanol–water partition coefficient (Wildman–Crippen LogP) is 2.41. The molecule has 0 aromatic heterocycles. The highest BCUT2D eigenvalue weighted by Gasteiger charge is 2.34. The summed E-state index contributed by atoms with van der Waals surface area (Å²) in [6.07, 6.45) is 3.23. The molecule has 0 bridgehead atoms. The van der Waals surface area contributed by atoms with Gasteiger partial charge in [-0.2, -0.15) is 0 Å². The van der Waals surface area contributed by atoms with E-state index in [0.29, 0.717) is 17.5 Å². The average molecular weight is 289 g/mol. The van der Waals surface area contributed by atoms with Crippen molar-refractivity contribution in [2.45, 2.75) is 32.6 Å². The van der Waals surface area contributed by atoms with Gasteiger partial charge in [-0.1, -0.05) is 31.9 Å². The van der Waals surface area contributed by atoms with Crippen LogP contribution in [0.3, 0.4) is 0 Å². The van der Waals surface area contributed by atoms with Crippen LogP contribution in [0.1, 0.15) is 53.3 Å². The van der Waals surface area contributed by atoms with Crippen molar-refractivity contribution in [1.82, 2.24) is 4.90 Å². The van der Waals surface area contributed by atoms with Crippen LogP contribution in [0.25, 0.3) is 0 Å². The number of fused-ring (bicyclic) bond motifs is 1. The summed E-state index contributed by atoms with van der Waals surface area (Å²) in [4.78, 5) is 36.7. The fourth-order valence-electron chi connectivity index (χ4n) is 2.28. The van der Waals surface area contributed by atoms with Gasteiger partial charge < -0.3 is 4.74 Å². The molecule has 0 unspecified atom stereocenters. The Bertz CT molecular complexity index is 518. The van der Waals surface area contributed by atoms with E-state index in [2.05, 4.69) is 6.92 Å². The van der Waals surface area contributed by atoms with Gasteiger partial charge >= 0.3 is 5.97 Å². The van der Waals surface area contributed by atoms with Crippen LogP contribution in [-0.2, 0) is 9.53 Å². The first-order valence-electron chi connectivity index (χ1n) is 7.26. The molecule has 1 aliphatic rings. The minimum atomic E-state index is -0.322. The van der Waals surface area contributed by atoms with Gasteiger partial charge in [0.15, 0.2) is 0 Å². The van der Waals surface area contributed by atoms with E-state index in [-0.39, 0.29) is 30.9 Å². The summed E-state index contributed by atoms with van der Waals surface area (Å²) in [5.74, 6) is -0.921. The van der Waals surface area contributed by atoms with E-state index in [1.165, 1.54) is 0 Å². The van der Waals surface area contributed by atoms with Crippen molar-refractivity contribution in [2.24, 2.45) is 0 Å². The maximum atomic E-state index is 12.1. The molecule has 0 saturated carbocycles. The molecular formula is C16H19NO4. The van der Waals surface area contributed by atoms with E-state index in [9.17, 15) is 14.4 Å². The van der Waals surface area contributed by atoms with Crippen LogP contribution in [0.4, 0.5) is 0 Å². The molecule has 0 atom stereocenters. The van der Waals surface area contributed by atoms with E-state index in [0.717, 1.165) is 24.2 Å². The van der Waals surface area contributed by atoms with E-state index in [1.807, 2.05) is 0 Å². The number of carbonyl (C=O) groups is 3. The molecule has 0 N–H and O–H groups in total. The number of rotatable bonds is 7. The lowest BCUT2D eigenvalue weighted by Gasteiger charge is -2.13. The van der Waals surface area contributed by atoms with Crippen molar-refractivity contribution in [3.63, 3.8) is 0 Å². The van der Waals surface area contributed by atoms with Crippen molar-refractivity contribution in [1.29, 1.82) is 0 Å². The lowest BCUT2D eigenvalue weighted by Crippen LogP contribution is -2.33. The zero-order valence-electron chi connectivity index (χ0n) is 12.1. The standard InChI is InChI=1S/C16H19NO4/c1-2-3-4-9-14(18)21-11-10-17-15(19)12-7-5-6-8-13(12)16(17)20/h5-8H,2-4,9-11H2,1H3. The van der Waals surface area contributed by atoms with Gasteiger partial charge in [0.2, 0.25) is 0 Å². The van der Waals surface area contributed by atoms with Crippen LogP contribution in [-0.4, -0.2) is 35.8 Å². The number of ether oxygens (including phenoxy) is 1. The van der Waals surface area contributed by atoms with E-state index in [4.69, 9.17) is 4.74 Å². The minimum absolute atomic E-state index is 0.0520. The second-order valence-electron chi connectivity index (χ2n) is 4.99. The van der Waals surface area contributed by atoms with Gasteiger partial charge in [-0.3, -0.25) is 19.3 Å². The summed E-state index contributed by atoms with van der Waals surface area (Å²) in [7, 11) is 0. The monoisotopic (exact) mass is 289 g/mol. The van der Waals surface area contributed by atoms with E-state index >= 15 is 0 Å². The van der Waals surface area contributed by atoms with Crippen LogP contribution in [0.2, 0.25) is 0 Å². The maximum Gasteiger partial charge on any atom is 0.305 e. The van der Waals surface area contributed by atoms with Gasteiger partial charge in [0.05, 0.1) is 17.7 Å². The molecule has 0 saturated heterocycles. The van der Waals surface area contributed by atoms with Gasteiger partial charge in [0.25, 0.3) is 11.8 Å². The molecule has 1 aromatic carbocycles. The zero-order chi connectivity index (χ0) is 15.2. The van der Waals surface area contributed by atoms with Gasteiger partial charge in [-0.15, -0.1) is 0 Å². The molecule has 5 heteroatoms. The molecule has 21 heavy (non-hydrogen) atoms. The van der Waals surface area contributed by atoms with Crippen LogP contribution in [0.5, 0.6) is 0 Å². The quantitative estimate of drug-likeness (QED) is 0.439. The normalized spacial score (nSPS) is 13.5. The van der Waals surface area contributed by atoms with Crippen molar-refractivity contribution >= 4 is 17.8 Å². The Kier molecular flexibility index (Phi) is 5.09. The Hall–Kier alpha value is -2.17. The van der Waals surface area contributed by atoms with Crippen molar-refractivity contribution < 1.29 is 19.1 Å². The molecule has 0 radical (unpaired) electrons. The number of unbranched alkanes of at least 4 members (excludes halogenated alkanes) is 2. The average Bonchev–Trinajstić information content (AvgIpc) is 2.73. The van der Waals surface area contributed by atoms with Crippen LogP contribution in [0, 0.1) is 0 Å². The van der Waals surface area contributed by atoms with Crippen LogP contribution in [0.15, 0.2) is 24.3 Å². The van der Waals surface area contributed by atoms with Gasteiger partial charge in [0, 0.05) is 6.42 Å². The summed E-state index contributed by atoms with van der Waals surface area (Å²) in [5, 5.41) is 0. The number of imide groups is 1. The van der Waals surface area contributed by atoms with E-state index in [1.54, 1.807) is 24.3 Å². The smallest absolute Gasteiger partial charge is 0.305 e. The van der Waals surface area contributed by atoms with Gasteiger partial charge in [-0.25, -0.2) is 0 Å². The molecule has 0 aliphatic carbocycles. The Morgan fingerprint density at radius 3 is 2.29 bits per heavy atom. The van der Waals surface area contributed by atoms with Gasteiger partial charge in [-0.05, 0) is 18.6 Å².